The molecule has 0 radical (unpaired) electrons. The van der Waals surface area contributed by atoms with Gasteiger partial charge >= 0.3 is 0 Å². The molecule has 0 fully saturated rings. The first-order chi connectivity index (χ1) is 21.1. The summed E-state index contributed by atoms with van der Waals surface area (Å²) < 4.78 is 4.63. The molecule has 13 nitrogen and oxygen atoms in total. The number of unbranched alkanes of at least 4 members (excludes halogenated alkanes) is 6. The van der Waals surface area contributed by atoms with Crippen LogP contribution in [0, 0.1) is 0 Å². The molecule has 4 N–H and O–H groups in total. The number of aliphatic hydroxyl groups is 4. The minimum Gasteiger partial charge on any atom is -0.396 e. The number of fused-ring (bicyclic) bond motifs is 1. The van der Waals surface area contributed by atoms with Crippen LogP contribution >= 0.6 is 0 Å². The van der Waals surface area contributed by atoms with Crippen molar-refractivity contribution >= 4 is 46.5 Å². The molecular formula is C30H42N4O9. The first kappa shape index (κ1) is 41.2. The zero-order valence-corrected chi connectivity index (χ0v) is 24.4. The molecule has 0 aliphatic carbocycles. The van der Waals surface area contributed by atoms with Crippen LogP contribution in [0.4, 0.5) is 11.4 Å². The molecule has 0 amide bonds. The molecule has 0 heterocycles. The van der Waals surface area contributed by atoms with Crippen molar-refractivity contribution in [3.05, 3.63) is 36.4 Å². The van der Waals surface area contributed by atoms with Gasteiger partial charge in [-0.1, -0.05) is 49.9 Å². The summed E-state index contributed by atoms with van der Waals surface area (Å²) in [5, 5.41) is 34.3. The number of nitrogens with zero attached hydrogens (tertiary/aromatic N) is 4. The van der Waals surface area contributed by atoms with Crippen molar-refractivity contribution in [3.8, 4) is 0 Å². The lowest BCUT2D eigenvalue weighted by Gasteiger charge is -2.02. The predicted molar refractivity (Wildman–Crippen MR) is 162 cm³/mol. The number of carbonyl (C=O) groups excluding carboxylic acids is 4. The summed E-state index contributed by atoms with van der Waals surface area (Å²) in [6, 6.07) is 10.5. The van der Waals surface area contributed by atoms with Gasteiger partial charge in [0.1, 0.15) is 0 Å². The number of aliphatic hydroxyl groups excluding tert-OH is 4. The molecule has 0 aromatic heterocycles. The van der Waals surface area contributed by atoms with Crippen molar-refractivity contribution in [1.82, 2.24) is 0 Å². The summed E-state index contributed by atoms with van der Waals surface area (Å²) >= 11 is 0. The zero-order valence-electron chi connectivity index (χ0n) is 24.4. The third-order valence-corrected chi connectivity index (χ3v) is 5.16. The van der Waals surface area contributed by atoms with E-state index in [2.05, 4.69) is 24.7 Å². The van der Waals surface area contributed by atoms with Crippen molar-refractivity contribution in [3.63, 3.8) is 0 Å². The number of isocyanates is 4. The van der Waals surface area contributed by atoms with E-state index in [0.29, 0.717) is 37.7 Å². The van der Waals surface area contributed by atoms with Crippen LogP contribution in [0.15, 0.2) is 56.4 Å². The smallest absolute Gasteiger partial charge is 0.240 e. The summed E-state index contributed by atoms with van der Waals surface area (Å²) in [7, 11) is 0. The van der Waals surface area contributed by atoms with Crippen LogP contribution in [0.5, 0.6) is 0 Å². The van der Waals surface area contributed by atoms with E-state index in [9.17, 15) is 19.2 Å². The van der Waals surface area contributed by atoms with E-state index in [0.717, 1.165) is 62.1 Å². The Bertz CT molecular complexity index is 1060. The maximum absolute atomic E-state index is 10.3. The molecule has 0 saturated carbocycles. The molecule has 13 heteroatoms. The summed E-state index contributed by atoms with van der Waals surface area (Å²) in [5.74, 6) is 0. The fraction of sp³-hybridized carbons (Fsp3) is 0.533. The van der Waals surface area contributed by atoms with Crippen molar-refractivity contribution in [2.75, 3.05) is 52.7 Å². The number of benzene rings is 2. The Labute approximate surface area is 251 Å². The Hall–Kier alpha value is -3.98. The summed E-state index contributed by atoms with van der Waals surface area (Å²) in [6.45, 7) is 2.37. The SMILES string of the molecule is O=C=NCCCCCCN=C=O.O=C=Nc1cccc2c(N=C=O)cccc12.OCCCCCCO.OCCOCCO. The largest absolute Gasteiger partial charge is 0.396 e. The van der Waals surface area contributed by atoms with Gasteiger partial charge < -0.3 is 25.2 Å². The molecule has 2 aromatic rings. The standard InChI is InChI=1S/C12H6N2O2.C8H12N2O2.C6H14O2.C4H10O3/c15-7-13-11-5-1-3-9-10(11)4-2-6-12(9)14-8-16;11-7-9-5-3-1-2-4-6-10-8-12;7-5-3-1-2-4-6-8;5-1-3-7-4-2-6/h1-6H;1-6H2;7-8H,1-6H2;5-6H,1-4H2. The monoisotopic (exact) mass is 602 g/mol. The third kappa shape index (κ3) is 25.5. The van der Waals surface area contributed by atoms with Gasteiger partial charge in [-0.3, -0.25) is 0 Å². The van der Waals surface area contributed by atoms with Gasteiger partial charge in [0.2, 0.25) is 24.3 Å². The normalized spacial score (nSPS) is 9.12. The number of rotatable bonds is 18. The lowest BCUT2D eigenvalue weighted by atomic mass is 10.1. The summed E-state index contributed by atoms with van der Waals surface area (Å²) in [6.07, 6.45) is 13.6. The number of hydrogen-bond acceptors (Lipinski definition) is 13. The fourth-order valence-electron chi connectivity index (χ4n) is 3.21. The van der Waals surface area contributed by atoms with Gasteiger partial charge in [-0.05, 0) is 37.8 Å². The molecule has 0 unspecified atom stereocenters. The highest BCUT2D eigenvalue weighted by atomic mass is 16.5. The first-order valence-electron chi connectivity index (χ1n) is 13.9. The van der Waals surface area contributed by atoms with Crippen molar-refractivity contribution in [2.45, 2.75) is 51.4 Å². The molecule has 2 rings (SSSR count). The van der Waals surface area contributed by atoms with Gasteiger partial charge in [0, 0.05) is 24.0 Å². The molecule has 0 bridgehead atoms. The minimum absolute atomic E-state index is 0.0278. The van der Waals surface area contributed by atoms with Gasteiger partial charge in [0.25, 0.3) is 0 Å². The van der Waals surface area contributed by atoms with Crippen LogP contribution in [-0.4, -0.2) is 97.5 Å². The van der Waals surface area contributed by atoms with Crippen LogP contribution < -0.4 is 0 Å². The molecule has 0 atom stereocenters. The molecule has 0 aliphatic rings. The maximum Gasteiger partial charge on any atom is 0.240 e. The lowest BCUT2D eigenvalue weighted by Crippen LogP contribution is -2.03. The Kier molecular flexibility index (Phi) is 32.8. The fourth-order valence-corrected chi connectivity index (χ4v) is 3.21. The van der Waals surface area contributed by atoms with E-state index in [1.807, 2.05) is 0 Å². The molecule has 2 aromatic carbocycles. The highest BCUT2D eigenvalue weighted by molar-refractivity contribution is 6.00. The number of aliphatic imine (C=N–C) groups is 4. The van der Waals surface area contributed by atoms with E-state index in [-0.39, 0.29) is 26.4 Å². The van der Waals surface area contributed by atoms with Gasteiger partial charge in [0.15, 0.2) is 0 Å². The number of hydrogen-bond donors (Lipinski definition) is 4. The first-order valence-corrected chi connectivity index (χ1v) is 13.9. The minimum atomic E-state index is 0.0278. The maximum atomic E-state index is 10.3. The average Bonchev–Trinajstić information content (AvgIpc) is 3.03. The van der Waals surface area contributed by atoms with Crippen molar-refractivity contribution in [2.24, 2.45) is 20.0 Å². The van der Waals surface area contributed by atoms with Crippen LogP contribution in [0.25, 0.3) is 10.8 Å². The Morgan fingerprint density at radius 2 is 0.907 bits per heavy atom. The Morgan fingerprint density at radius 3 is 1.23 bits per heavy atom. The summed E-state index contributed by atoms with van der Waals surface area (Å²) in [5.41, 5.74) is 1.02. The molecule has 0 spiro atoms. The van der Waals surface area contributed by atoms with E-state index < -0.39 is 0 Å². The summed E-state index contributed by atoms with van der Waals surface area (Å²) in [4.78, 5) is 53.8. The van der Waals surface area contributed by atoms with E-state index >= 15 is 0 Å². The highest BCUT2D eigenvalue weighted by Gasteiger charge is 2.03. The van der Waals surface area contributed by atoms with Gasteiger partial charge in [-0.15, -0.1) is 0 Å². The van der Waals surface area contributed by atoms with Crippen LogP contribution in [-0.2, 0) is 23.9 Å². The molecular weight excluding hydrogens is 560 g/mol. The van der Waals surface area contributed by atoms with Crippen LogP contribution in [0.1, 0.15) is 51.4 Å². The van der Waals surface area contributed by atoms with Gasteiger partial charge in [-0.2, -0.15) is 9.98 Å². The Morgan fingerprint density at radius 1 is 0.512 bits per heavy atom. The Balaban J connectivity index is 0. The third-order valence-electron chi connectivity index (χ3n) is 5.16. The molecule has 236 valence electrons. The van der Waals surface area contributed by atoms with Crippen LogP contribution in [0.3, 0.4) is 0 Å². The second-order valence-electron chi connectivity index (χ2n) is 8.34. The second-order valence-corrected chi connectivity index (χ2v) is 8.34. The number of ether oxygens (including phenoxy) is 1. The molecule has 0 aliphatic heterocycles. The predicted octanol–water partition coefficient (Wildman–Crippen LogP) is 3.51. The van der Waals surface area contributed by atoms with E-state index in [1.54, 1.807) is 36.4 Å². The topological polar surface area (TPSA) is 208 Å². The zero-order chi connectivity index (χ0) is 32.2. The van der Waals surface area contributed by atoms with Crippen molar-refractivity contribution in [1.29, 1.82) is 0 Å². The highest BCUT2D eigenvalue weighted by Crippen LogP contribution is 2.31. The van der Waals surface area contributed by atoms with Gasteiger partial charge in [-0.25, -0.2) is 29.2 Å². The van der Waals surface area contributed by atoms with Crippen molar-refractivity contribution < 1.29 is 44.3 Å². The average molecular weight is 603 g/mol. The quantitative estimate of drug-likeness (QED) is 0.112. The van der Waals surface area contributed by atoms with Gasteiger partial charge in [0.05, 0.1) is 50.9 Å². The molecule has 43 heavy (non-hydrogen) atoms. The van der Waals surface area contributed by atoms with E-state index in [1.165, 1.54) is 24.3 Å². The lowest BCUT2D eigenvalue weighted by molar-refractivity contribution is 0.0650. The van der Waals surface area contributed by atoms with Crippen LogP contribution in [0.2, 0.25) is 0 Å². The second kappa shape index (κ2) is 34.2. The molecule has 0 saturated heterocycles. The van der Waals surface area contributed by atoms with E-state index in [4.69, 9.17) is 20.4 Å².